The van der Waals surface area contributed by atoms with E-state index in [0.29, 0.717) is 6.04 Å². The van der Waals surface area contributed by atoms with E-state index < -0.39 is 0 Å². The predicted molar refractivity (Wildman–Crippen MR) is 70.3 cm³/mol. The Morgan fingerprint density at radius 1 is 1.35 bits per heavy atom. The normalized spacial score (nSPS) is 26.0. The number of amidine groups is 1. The molecule has 0 N–H and O–H groups in total. The molecule has 0 radical (unpaired) electrons. The Bertz CT molecular complexity index is 349. The van der Waals surface area contributed by atoms with E-state index >= 15 is 0 Å². The summed E-state index contributed by atoms with van der Waals surface area (Å²) in [4.78, 5) is 9.51. The molecule has 0 aromatic heterocycles. The monoisotopic (exact) mass is 237 g/mol. The van der Waals surface area contributed by atoms with Crippen molar-refractivity contribution in [3.63, 3.8) is 0 Å². The van der Waals surface area contributed by atoms with E-state index in [2.05, 4.69) is 35.6 Å². The Balaban J connectivity index is 2.09. The summed E-state index contributed by atoms with van der Waals surface area (Å²) in [5.41, 5.74) is 2.87. The van der Waals surface area contributed by atoms with Gasteiger partial charge in [0.1, 0.15) is 5.84 Å². The van der Waals surface area contributed by atoms with E-state index in [1.165, 1.54) is 17.1 Å². The molecular weight excluding hydrogens is 214 g/mol. The molecule has 2 rings (SSSR count). The lowest BCUT2D eigenvalue weighted by atomic mass is 10.0. The molecule has 0 amide bonds. The number of piperazine rings is 1. The van der Waals surface area contributed by atoms with Gasteiger partial charge >= 0.3 is 0 Å². The highest BCUT2D eigenvalue weighted by Crippen LogP contribution is 2.25. The van der Waals surface area contributed by atoms with Crippen LogP contribution in [-0.4, -0.2) is 61.6 Å². The molecule has 2 aliphatic rings. The third-order valence-corrected chi connectivity index (χ3v) is 3.80. The fourth-order valence-corrected chi connectivity index (χ4v) is 2.55. The first-order valence-electron chi connectivity index (χ1n) is 6.36. The van der Waals surface area contributed by atoms with Gasteiger partial charge in [-0.15, -0.1) is 0 Å². The first kappa shape index (κ1) is 12.6. The number of nitrogens with zero attached hydrogens (tertiary/aromatic N) is 3. The number of fused-ring (bicyclic) bond motifs is 1. The molecule has 1 unspecified atom stereocenters. The second-order valence-electron chi connectivity index (χ2n) is 4.90. The van der Waals surface area contributed by atoms with E-state index in [9.17, 15) is 0 Å². The van der Waals surface area contributed by atoms with Crippen molar-refractivity contribution >= 4 is 5.84 Å². The minimum Gasteiger partial charge on any atom is -0.383 e. The molecular formula is C13H23N3O. The molecule has 4 nitrogen and oxygen atoms in total. The zero-order chi connectivity index (χ0) is 12.4. The van der Waals surface area contributed by atoms with Gasteiger partial charge < -0.3 is 9.64 Å². The SMILES string of the molecule is COCCN1CCN2C(C)=NC(C)C(C)=C2C1. The number of aliphatic imine (C=N–C) groups is 1. The van der Waals surface area contributed by atoms with Crippen molar-refractivity contribution in [2.24, 2.45) is 4.99 Å². The Kier molecular flexibility index (Phi) is 3.84. The molecule has 0 aromatic carbocycles. The molecule has 2 aliphatic heterocycles. The van der Waals surface area contributed by atoms with E-state index in [4.69, 9.17) is 4.74 Å². The second-order valence-corrected chi connectivity index (χ2v) is 4.90. The van der Waals surface area contributed by atoms with Gasteiger partial charge in [0.25, 0.3) is 0 Å². The zero-order valence-corrected chi connectivity index (χ0v) is 11.4. The van der Waals surface area contributed by atoms with E-state index in [1.54, 1.807) is 7.11 Å². The summed E-state index contributed by atoms with van der Waals surface area (Å²) in [6, 6.07) is 0.337. The molecule has 0 bridgehead atoms. The average Bonchev–Trinajstić information content (AvgIpc) is 2.33. The minimum atomic E-state index is 0.337. The maximum absolute atomic E-state index is 5.15. The van der Waals surface area contributed by atoms with E-state index in [1.807, 2.05) is 0 Å². The first-order valence-corrected chi connectivity index (χ1v) is 6.36. The van der Waals surface area contributed by atoms with Gasteiger partial charge in [0.2, 0.25) is 0 Å². The Hall–Kier alpha value is -0.870. The van der Waals surface area contributed by atoms with Gasteiger partial charge in [-0.2, -0.15) is 0 Å². The Morgan fingerprint density at radius 3 is 2.82 bits per heavy atom. The van der Waals surface area contributed by atoms with Crippen LogP contribution in [0.4, 0.5) is 0 Å². The highest BCUT2D eigenvalue weighted by molar-refractivity contribution is 5.83. The maximum atomic E-state index is 5.15. The van der Waals surface area contributed by atoms with Crippen LogP contribution in [-0.2, 0) is 4.74 Å². The van der Waals surface area contributed by atoms with Gasteiger partial charge in [0, 0.05) is 39.0 Å². The number of methoxy groups -OCH3 is 1. The minimum absolute atomic E-state index is 0.337. The predicted octanol–water partition coefficient (Wildman–Crippen LogP) is 1.34. The van der Waals surface area contributed by atoms with Gasteiger partial charge in [0.15, 0.2) is 0 Å². The molecule has 0 spiro atoms. The van der Waals surface area contributed by atoms with Crippen LogP contribution in [0.25, 0.3) is 0 Å². The van der Waals surface area contributed by atoms with Crippen molar-refractivity contribution < 1.29 is 4.74 Å². The summed E-state index contributed by atoms with van der Waals surface area (Å²) in [5, 5.41) is 0. The van der Waals surface area contributed by atoms with Gasteiger partial charge in [0.05, 0.1) is 12.6 Å². The highest BCUT2D eigenvalue weighted by atomic mass is 16.5. The molecule has 2 heterocycles. The number of hydrogen-bond acceptors (Lipinski definition) is 4. The summed E-state index contributed by atoms with van der Waals surface area (Å²) in [5.74, 6) is 1.17. The molecule has 0 aliphatic carbocycles. The highest BCUT2D eigenvalue weighted by Gasteiger charge is 2.28. The van der Waals surface area contributed by atoms with Crippen LogP contribution in [0.1, 0.15) is 20.8 Å². The maximum Gasteiger partial charge on any atom is 0.101 e. The van der Waals surface area contributed by atoms with E-state index in [0.717, 1.165) is 32.8 Å². The molecule has 1 saturated heterocycles. The number of hydrogen-bond donors (Lipinski definition) is 0. The van der Waals surface area contributed by atoms with Gasteiger partial charge in [-0.1, -0.05) is 0 Å². The summed E-state index contributed by atoms with van der Waals surface area (Å²) in [6.45, 7) is 11.5. The van der Waals surface area contributed by atoms with Gasteiger partial charge in [-0.3, -0.25) is 9.89 Å². The van der Waals surface area contributed by atoms with Crippen molar-refractivity contribution in [1.82, 2.24) is 9.80 Å². The summed E-state index contributed by atoms with van der Waals surface area (Å²) in [6.07, 6.45) is 0. The van der Waals surface area contributed by atoms with Crippen LogP contribution in [0.5, 0.6) is 0 Å². The smallest absolute Gasteiger partial charge is 0.101 e. The molecule has 1 fully saturated rings. The second kappa shape index (κ2) is 5.19. The lowest BCUT2D eigenvalue weighted by molar-refractivity contribution is 0.133. The molecule has 0 saturated carbocycles. The van der Waals surface area contributed by atoms with Crippen molar-refractivity contribution in [3.8, 4) is 0 Å². The van der Waals surface area contributed by atoms with Crippen LogP contribution in [0.15, 0.2) is 16.3 Å². The third kappa shape index (κ3) is 2.53. The Labute approximate surface area is 104 Å². The topological polar surface area (TPSA) is 28.1 Å². The van der Waals surface area contributed by atoms with Crippen LogP contribution in [0.3, 0.4) is 0 Å². The molecule has 0 aromatic rings. The lowest BCUT2D eigenvalue weighted by Crippen LogP contribution is -2.49. The van der Waals surface area contributed by atoms with Crippen molar-refractivity contribution in [3.05, 3.63) is 11.3 Å². The van der Waals surface area contributed by atoms with Crippen LogP contribution in [0.2, 0.25) is 0 Å². The van der Waals surface area contributed by atoms with Gasteiger partial charge in [-0.05, 0) is 26.3 Å². The van der Waals surface area contributed by atoms with Crippen molar-refractivity contribution in [2.75, 3.05) is 39.9 Å². The molecule has 1 atom stereocenters. The number of rotatable bonds is 3. The average molecular weight is 237 g/mol. The summed E-state index contributed by atoms with van der Waals surface area (Å²) < 4.78 is 5.15. The molecule has 4 heteroatoms. The fraction of sp³-hybridized carbons (Fsp3) is 0.769. The van der Waals surface area contributed by atoms with Gasteiger partial charge in [-0.25, -0.2) is 0 Å². The largest absolute Gasteiger partial charge is 0.383 e. The van der Waals surface area contributed by atoms with Crippen LogP contribution >= 0.6 is 0 Å². The fourth-order valence-electron chi connectivity index (χ4n) is 2.55. The summed E-state index contributed by atoms with van der Waals surface area (Å²) >= 11 is 0. The first-order chi connectivity index (χ1) is 8.13. The molecule has 17 heavy (non-hydrogen) atoms. The van der Waals surface area contributed by atoms with Crippen molar-refractivity contribution in [2.45, 2.75) is 26.8 Å². The number of ether oxygens (including phenoxy) is 1. The zero-order valence-electron chi connectivity index (χ0n) is 11.4. The van der Waals surface area contributed by atoms with Crippen LogP contribution < -0.4 is 0 Å². The standard InChI is InChI=1S/C13H23N3O/c1-10-11(2)14-12(3)16-6-5-15(7-8-17-4)9-13(10)16/h11H,5-9H2,1-4H3. The lowest BCUT2D eigenvalue weighted by Gasteiger charge is -2.42. The Morgan fingerprint density at radius 2 is 2.12 bits per heavy atom. The van der Waals surface area contributed by atoms with Crippen LogP contribution in [0, 0.1) is 0 Å². The summed E-state index contributed by atoms with van der Waals surface area (Å²) in [7, 11) is 1.76. The third-order valence-electron chi connectivity index (χ3n) is 3.80. The quantitative estimate of drug-likeness (QED) is 0.741. The van der Waals surface area contributed by atoms with E-state index in [-0.39, 0.29) is 0 Å². The van der Waals surface area contributed by atoms with Crippen molar-refractivity contribution in [1.29, 1.82) is 0 Å². The molecule has 96 valence electrons.